The van der Waals surface area contributed by atoms with Crippen molar-refractivity contribution in [2.24, 2.45) is 0 Å². The van der Waals surface area contributed by atoms with Crippen LogP contribution in [0.3, 0.4) is 0 Å². The van der Waals surface area contributed by atoms with Crippen LogP contribution in [0.2, 0.25) is 0 Å². The highest BCUT2D eigenvalue weighted by molar-refractivity contribution is 8.01. The molecule has 0 aliphatic rings. The Labute approximate surface area is 62.6 Å². The first-order valence-electron chi connectivity index (χ1n) is 2.68. The van der Waals surface area contributed by atoms with Gasteiger partial charge in [-0.1, -0.05) is 6.92 Å². The maximum absolute atomic E-state index is 5.39. The molecule has 0 bridgehead atoms. The van der Waals surface area contributed by atoms with E-state index >= 15 is 0 Å². The van der Waals surface area contributed by atoms with Gasteiger partial charge in [-0.2, -0.15) is 4.37 Å². The van der Waals surface area contributed by atoms with Crippen LogP contribution in [0.5, 0.6) is 0 Å². The SMILES string of the molecule is CCSc1cc(N)ns1. The van der Waals surface area contributed by atoms with Gasteiger partial charge in [-0.3, -0.25) is 0 Å². The third-order valence-corrected chi connectivity index (χ3v) is 2.66. The standard InChI is InChI=1S/C5H8N2S2/c1-2-8-5-3-4(6)7-9-5/h3H,2H2,1H3,(H2,6,7). The van der Waals surface area contributed by atoms with Crippen LogP contribution in [0.1, 0.15) is 6.92 Å². The first-order valence-corrected chi connectivity index (χ1v) is 4.44. The van der Waals surface area contributed by atoms with Crippen molar-refractivity contribution in [3.63, 3.8) is 0 Å². The molecule has 50 valence electrons. The van der Waals surface area contributed by atoms with Gasteiger partial charge >= 0.3 is 0 Å². The third-order valence-electron chi connectivity index (χ3n) is 0.793. The van der Waals surface area contributed by atoms with Gasteiger partial charge in [-0.05, 0) is 17.3 Å². The molecule has 0 saturated carbocycles. The van der Waals surface area contributed by atoms with E-state index in [2.05, 4.69) is 11.3 Å². The van der Waals surface area contributed by atoms with E-state index in [1.807, 2.05) is 6.07 Å². The molecule has 0 atom stereocenters. The molecule has 9 heavy (non-hydrogen) atoms. The van der Waals surface area contributed by atoms with Gasteiger partial charge in [-0.25, -0.2) is 0 Å². The van der Waals surface area contributed by atoms with E-state index in [-0.39, 0.29) is 0 Å². The second-order valence-electron chi connectivity index (χ2n) is 1.50. The molecular formula is C5H8N2S2. The quantitative estimate of drug-likeness (QED) is 0.671. The van der Waals surface area contributed by atoms with Gasteiger partial charge in [0.25, 0.3) is 0 Å². The molecule has 1 aromatic rings. The fourth-order valence-corrected chi connectivity index (χ4v) is 2.07. The number of hydrogen-bond acceptors (Lipinski definition) is 4. The maximum Gasteiger partial charge on any atom is 0.138 e. The van der Waals surface area contributed by atoms with Crippen LogP contribution in [0.15, 0.2) is 10.3 Å². The molecule has 0 radical (unpaired) electrons. The van der Waals surface area contributed by atoms with Crippen LogP contribution in [0.4, 0.5) is 5.82 Å². The minimum absolute atomic E-state index is 0.635. The molecule has 0 amide bonds. The Morgan fingerprint density at radius 1 is 1.89 bits per heavy atom. The van der Waals surface area contributed by atoms with E-state index in [0.29, 0.717) is 5.82 Å². The number of rotatable bonds is 2. The largest absolute Gasteiger partial charge is 0.383 e. The summed E-state index contributed by atoms with van der Waals surface area (Å²) in [5, 5.41) is 0. The number of nitrogens with zero attached hydrogens (tertiary/aromatic N) is 1. The van der Waals surface area contributed by atoms with Crippen LogP contribution >= 0.6 is 23.3 Å². The van der Waals surface area contributed by atoms with Crippen molar-refractivity contribution in [2.45, 2.75) is 11.1 Å². The van der Waals surface area contributed by atoms with Crippen molar-refractivity contribution in [3.05, 3.63) is 6.07 Å². The molecule has 0 spiro atoms. The third kappa shape index (κ3) is 1.87. The van der Waals surface area contributed by atoms with Gasteiger partial charge in [0.15, 0.2) is 0 Å². The van der Waals surface area contributed by atoms with E-state index in [1.54, 1.807) is 11.8 Å². The van der Waals surface area contributed by atoms with Gasteiger partial charge in [0.2, 0.25) is 0 Å². The Morgan fingerprint density at radius 2 is 2.67 bits per heavy atom. The lowest BCUT2D eigenvalue weighted by molar-refractivity contribution is 1.51. The number of hydrogen-bond donors (Lipinski definition) is 1. The number of nitrogen functional groups attached to an aromatic ring is 1. The molecular weight excluding hydrogens is 152 g/mol. The minimum atomic E-state index is 0.635. The first kappa shape index (κ1) is 6.89. The minimum Gasteiger partial charge on any atom is -0.383 e. The molecule has 0 aliphatic heterocycles. The predicted molar refractivity (Wildman–Crippen MR) is 42.9 cm³/mol. The van der Waals surface area contributed by atoms with Gasteiger partial charge in [0.1, 0.15) is 5.82 Å². The van der Waals surface area contributed by atoms with Crippen molar-refractivity contribution < 1.29 is 0 Å². The molecule has 1 heterocycles. The van der Waals surface area contributed by atoms with Crippen molar-refractivity contribution in [3.8, 4) is 0 Å². The summed E-state index contributed by atoms with van der Waals surface area (Å²) in [5.74, 6) is 1.72. The number of nitrogens with two attached hydrogens (primary N) is 1. The summed E-state index contributed by atoms with van der Waals surface area (Å²) in [5.41, 5.74) is 5.39. The zero-order valence-electron chi connectivity index (χ0n) is 5.13. The average molecular weight is 160 g/mol. The first-order chi connectivity index (χ1) is 4.33. The second kappa shape index (κ2) is 3.08. The van der Waals surface area contributed by atoms with E-state index in [4.69, 9.17) is 5.73 Å². The Bertz CT molecular complexity index is 185. The lowest BCUT2D eigenvalue weighted by Crippen LogP contribution is -1.79. The maximum atomic E-state index is 5.39. The molecule has 2 N–H and O–H groups in total. The molecule has 1 aromatic heterocycles. The molecule has 0 aliphatic carbocycles. The van der Waals surface area contributed by atoms with Gasteiger partial charge in [0.05, 0.1) is 4.21 Å². The molecule has 0 unspecified atom stereocenters. The molecule has 0 fully saturated rings. The fraction of sp³-hybridized carbons (Fsp3) is 0.400. The van der Waals surface area contributed by atoms with Crippen molar-refractivity contribution >= 4 is 29.1 Å². The Kier molecular flexibility index (Phi) is 2.36. The highest BCUT2D eigenvalue weighted by Crippen LogP contribution is 2.23. The second-order valence-corrected chi connectivity index (χ2v) is 3.87. The van der Waals surface area contributed by atoms with Gasteiger partial charge < -0.3 is 5.73 Å². The lowest BCUT2D eigenvalue weighted by Gasteiger charge is -1.84. The van der Waals surface area contributed by atoms with Gasteiger partial charge in [0, 0.05) is 6.07 Å². The normalized spacial score (nSPS) is 9.89. The van der Waals surface area contributed by atoms with Crippen LogP contribution in [-0.4, -0.2) is 10.1 Å². The van der Waals surface area contributed by atoms with E-state index in [1.165, 1.54) is 15.7 Å². The summed E-state index contributed by atoms with van der Waals surface area (Å²) in [7, 11) is 0. The van der Waals surface area contributed by atoms with E-state index in [0.717, 1.165) is 5.75 Å². The Balaban J connectivity index is 2.61. The zero-order chi connectivity index (χ0) is 6.69. The average Bonchev–Trinajstić information content (AvgIpc) is 2.17. The molecule has 1 rings (SSSR count). The van der Waals surface area contributed by atoms with Crippen LogP contribution in [0, 0.1) is 0 Å². The number of aromatic nitrogens is 1. The summed E-state index contributed by atoms with van der Waals surface area (Å²) >= 11 is 3.23. The lowest BCUT2D eigenvalue weighted by atomic mass is 10.7. The Morgan fingerprint density at radius 3 is 3.11 bits per heavy atom. The van der Waals surface area contributed by atoms with E-state index in [9.17, 15) is 0 Å². The highest BCUT2D eigenvalue weighted by Gasteiger charge is 1.95. The zero-order valence-corrected chi connectivity index (χ0v) is 6.76. The Hall–Kier alpha value is -0.220. The van der Waals surface area contributed by atoms with Crippen molar-refractivity contribution in [1.82, 2.24) is 4.37 Å². The summed E-state index contributed by atoms with van der Waals surface area (Å²) in [6.07, 6.45) is 0. The number of anilines is 1. The molecule has 2 nitrogen and oxygen atoms in total. The molecule has 0 saturated heterocycles. The van der Waals surface area contributed by atoms with Crippen LogP contribution in [-0.2, 0) is 0 Å². The monoisotopic (exact) mass is 160 g/mol. The van der Waals surface area contributed by atoms with Gasteiger partial charge in [-0.15, -0.1) is 11.8 Å². The van der Waals surface area contributed by atoms with E-state index < -0.39 is 0 Å². The molecule has 0 aromatic carbocycles. The molecule has 4 heteroatoms. The number of thioether (sulfide) groups is 1. The van der Waals surface area contributed by atoms with Crippen LogP contribution in [0.25, 0.3) is 0 Å². The summed E-state index contributed by atoms with van der Waals surface area (Å²) in [6, 6.07) is 1.90. The van der Waals surface area contributed by atoms with Crippen molar-refractivity contribution in [1.29, 1.82) is 0 Å². The van der Waals surface area contributed by atoms with Crippen LogP contribution < -0.4 is 5.73 Å². The van der Waals surface area contributed by atoms with Crippen molar-refractivity contribution in [2.75, 3.05) is 11.5 Å². The summed E-state index contributed by atoms with van der Waals surface area (Å²) < 4.78 is 5.14. The smallest absolute Gasteiger partial charge is 0.138 e. The topological polar surface area (TPSA) is 38.9 Å². The summed E-state index contributed by atoms with van der Waals surface area (Å²) in [6.45, 7) is 2.11. The summed E-state index contributed by atoms with van der Waals surface area (Å²) in [4.78, 5) is 0. The highest BCUT2D eigenvalue weighted by atomic mass is 32.2. The predicted octanol–water partition coefficient (Wildman–Crippen LogP) is 1.84. The fourth-order valence-electron chi connectivity index (χ4n) is 0.481.